The van der Waals surface area contributed by atoms with E-state index in [0.717, 1.165) is 0 Å². The maximum absolute atomic E-state index is 12.4. The molecule has 0 aliphatic heterocycles. The monoisotopic (exact) mass is 337 g/mol. The Bertz CT molecular complexity index is 949. The highest BCUT2D eigenvalue weighted by Crippen LogP contribution is 2.18. The second-order valence-corrected chi connectivity index (χ2v) is 6.11. The molecule has 6 nitrogen and oxygen atoms in total. The number of hydrogen-bond acceptors (Lipinski definition) is 4. The summed E-state index contributed by atoms with van der Waals surface area (Å²) in [7, 11) is 0. The van der Waals surface area contributed by atoms with Crippen LogP contribution in [-0.4, -0.2) is 27.1 Å². The Hall–Kier alpha value is -2.99. The lowest BCUT2D eigenvalue weighted by Crippen LogP contribution is -2.41. The Kier molecular flexibility index (Phi) is 4.63. The van der Waals surface area contributed by atoms with E-state index >= 15 is 0 Å². The molecule has 1 atom stereocenters. The fourth-order valence-corrected chi connectivity index (χ4v) is 2.60. The van der Waals surface area contributed by atoms with E-state index in [2.05, 4.69) is 10.3 Å². The minimum Gasteiger partial charge on any atom is -0.384 e. The molecule has 0 aliphatic carbocycles. The van der Waals surface area contributed by atoms with Crippen LogP contribution >= 0.6 is 0 Å². The molecule has 3 rings (SSSR count). The number of nitrogens with zero attached hydrogens (tertiary/aromatic N) is 2. The lowest BCUT2D eigenvalue weighted by Gasteiger charge is -2.24. The van der Waals surface area contributed by atoms with Crippen LogP contribution in [-0.2, 0) is 16.9 Å². The standard InChI is InChI=1S/C19H19N3O3/c1-19(25,14-7-3-2-4-8-14)12-20-17(23)11-22-13-21-16-10-6-5-9-15(16)18(22)24/h2-10,13,25H,11-12H2,1H3,(H,20,23). The molecule has 0 saturated carbocycles. The molecule has 0 saturated heterocycles. The molecule has 0 spiro atoms. The Morgan fingerprint density at radius 1 is 1.16 bits per heavy atom. The molecule has 1 unspecified atom stereocenters. The van der Waals surface area contributed by atoms with Gasteiger partial charge < -0.3 is 10.4 Å². The summed E-state index contributed by atoms with van der Waals surface area (Å²) < 4.78 is 1.26. The fraction of sp³-hybridized carbons (Fsp3) is 0.211. The first-order chi connectivity index (χ1) is 12.0. The topological polar surface area (TPSA) is 84.2 Å². The van der Waals surface area contributed by atoms with Gasteiger partial charge in [0, 0.05) is 0 Å². The molecule has 0 bridgehead atoms. The third-order valence-corrected chi connectivity index (χ3v) is 4.07. The van der Waals surface area contributed by atoms with E-state index < -0.39 is 5.60 Å². The summed E-state index contributed by atoms with van der Waals surface area (Å²) in [5.41, 5.74) is -0.157. The highest BCUT2D eigenvalue weighted by Gasteiger charge is 2.23. The van der Waals surface area contributed by atoms with Crippen LogP contribution in [0.15, 0.2) is 65.7 Å². The Morgan fingerprint density at radius 2 is 1.84 bits per heavy atom. The number of hydrogen-bond donors (Lipinski definition) is 2. The van der Waals surface area contributed by atoms with Gasteiger partial charge in [-0.1, -0.05) is 42.5 Å². The van der Waals surface area contributed by atoms with Crippen LogP contribution in [0.1, 0.15) is 12.5 Å². The predicted octanol–water partition coefficient (Wildman–Crippen LogP) is 1.42. The van der Waals surface area contributed by atoms with Gasteiger partial charge in [0.05, 0.1) is 23.8 Å². The number of para-hydroxylation sites is 1. The van der Waals surface area contributed by atoms with Gasteiger partial charge in [-0.25, -0.2) is 4.98 Å². The van der Waals surface area contributed by atoms with Crippen molar-refractivity contribution in [2.24, 2.45) is 0 Å². The van der Waals surface area contributed by atoms with Crippen LogP contribution in [0, 0.1) is 0 Å². The maximum atomic E-state index is 12.4. The van der Waals surface area contributed by atoms with Crippen molar-refractivity contribution in [2.45, 2.75) is 19.1 Å². The summed E-state index contributed by atoms with van der Waals surface area (Å²) in [6.45, 7) is 1.53. The second kappa shape index (κ2) is 6.86. The molecule has 1 heterocycles. The predicted molar refractivity (Wildman–Crippen MR) is 95.0 cm³/mol. The molecule has 2 N–H and O–H groups in total. The third-order valence-electron chi connectivity index (χ3n) is 4.07. The molecule has 0 radical (unpaired) electrons. The zero-order chi connectivity index (χ0) is 17.9. The Morgan fingerprint density at radius 3 is 2.60 bits per heavy atom. The second-order valence-electron chi connectivity index (χ2n) is 6.11. The van der Waals surface area contributed by atoms with E-state index in [4.69, 9.17) is 0 Å². The van der Waals surface area contributed by atoms with Gasteiger partial charge >= 0.3 is 0 Å². The summed E-state index contributed by atoms with van der Waals surface area (Å²) in [5, 5.41) is 13.6. The van der Waals surface area contributed by atoms with Gasteiger partial charge in [0.2, 0.25) is 5.91 Å². The molecular formula is C19H19N3O3. The maximum Gasteiger partial charge on any atom is 0.261 e. The van der Waals surface area contributed by atoms with Crippen molar-refractivity contribution < 1.29 is 9.90 Å². The van der Waals surface area contributed by atoms with Gasteiger partial charge in [0.25, 0.3) is 5.56 Å². The van der Waals surface area contributed by atoms with Crippen molar-refractivity contribution in [2.75, 3.05) is 6.54 Å². The number of carbonyl (C=O) groups is 1. The molecule has 25 heavy (non-hydrogen) atoms. The summed E-state index contributed by atoms with van der Waals surface area (Å²) in [4.78, 5) is 28.7. The van der Waals surface area contributed by atoms with Crippen LogP contribution in [0.4, 0.5) is 0 Å². The van der Waals surface area contributed by atoms with Crippen molar-refractivity contribution in [1.29, 1.82) is 0 Å². The fourth-order valence-electron chi connectivity index (χ4n) is 2.60. The number of aliphatic hydroxyl groups is 1. The first-order valence-electron chi connectivity index (χ1n) is 7.96. The van der Waals surface area contributed by atoms with Crippen LogP contribution in [0.5, 0.6) is 0 Å². The van der Waals surface area contributed by atoms with E-state index in [0.29, 0.717) is 16.5 Å². The van der Waals surface area contributed by atoms with Gasteiger partial charge in [-0.15, -0.1) is 0 Å². The van der Waals surface area contributed by atoms with Crippen molar-refractivity contribution in [3.8, 4) is 0 Å². The lowest BCUT2D eigenvalue weighted by molar-refractivity contribution is -0.122. The van der Waals surface area contributed by atoms with Crippen molar-refractivity contribution >= 4 is 16.8 Å². The zero-order valence-corrected chi connectivity index (χ0v) is 13.8. The third kappa shape index (κ3) is 3.75. The SMILES string of the molecule is CC(O)(CNC(=O)Cn1cnc2ccccc2c1=O)c1ccccc1. The van der Waals surface area contributed by atoms with Gasteiger partial charge in [0.1, 0.15) is 12.1 Å². The van der Waals surface area contributed by atoms with E-state index in [1.54, 1.807) is 43.3 Å². The minimum absolute atomic E-state index is 0.0472. The van der Waals surface area contributed by atoms with Gasteiger partial charge in [0.15, 0.2) is 0 Å². The van der Waals surface area contributed by atoms with Crippen LogP contribution < -0.4 is 10.9 Å². The number of amides is 1. The van der Waals surface area contributed by atoms with E-state index in [9.17, 15) is 14.7 Å². The lowest BCUT2D eigenvalue weighted by atomic mass is 9.96. The normalized spacial score (nSPS) is 13.4. The number of nitrogens with one attached hydrogen (secondary N) is 1. The average molecular weight is 337 g/mol. The highest BCUT2D eigenvalue weighted by atomic mass is 16.3. The van der Waals surface area contributed by atoms with Crippen molar-refractivity contribution in [3.63, 3.8) is 0 Å². The molecule has 6 heteroatoms. The van der Waals surface area contributed by atoms with E-state index in [1.165, 1.54) is 10.9 Å². The summed E-state index contributed by atoms with van der Waals surface area (Å²) in [6.07, 6.45) is 1.36. The summed E-state index contributed by atoms with van der Waals surface area (Å²) >= 11 is 0. The number of benzene rings is 2. The Balaban J connectivity index is 1.69. The van der Waals surface area contributed by atoms with E-state index in [-0.39, 0.29) is 24.6 Å². The van der Waals surface area contributed by atoms with Gasteiger partial charge in [-0.3, -0.25) is 14.2 Å². The number of rotatable bonds is 5. The number of carbonyl (C=O) groups excluding carboxylic acids is 1. The quantitative estimate of drug-likeness (QED) is 0.737. The first-order valence-corrected chi connectivity index (χ1v) is 7.96. The molecular weight excluding hydrogens is 318 g/mol. The number of fused-ring (bicyclic) bond motifs is 1. The van der Waals surface area contributed by atoms with Crippen LogP contribution in [0.25, 0.3) is 10.9 Å². The van der Waals surface area contributed by atoms with Crippen molar-refractivity contribution in [1.82, 2.24) is 14.9 Å². The largest absolute Gasteiger partial charge is 0.384 e. The summed E-state index contributed by atoms with van der Waals surface area (Å²) in [5.74, 6) is -0.365. The summed E-state index contributed by atoms with van der Waals surface area (Å²) in [6, 6.07) is 16.1. The molecule has 1 aromatic heterocycles. The highest BCUT2D eigenvalue weighted by molar-refractivity contribution is 5.78. The first kappa shape index (κ1) is 16.9. The van der Waals surface area contributed by atoms with Gasteiger partial charge in [-0.2, -0.15) is 0 Å². The number of aromatic nitrogens is 2. The molecule has 3 aromatic rings. The van der Waals surface area contributed by atoms with Crippen molar-refractivity contribution in [3.05, 3.63) is 76.8 Å². The molecule has 2 aromatic carbocycles. The van der Waals surface area contributed by atoms with Crippen LogP contribution in [0.3, 0.4) is 0 Å². The average Bonchev–Trinajstić information content (AvgIpc) is 2.63. The van der Waals surface area contributed by atoms with Gasteiger partial charge in [-0.05, 0) is 24.6 Å². The Labute approximate surface area is 144 Å². The zero-order valence-electron chi connectivity index (χ0n) is 13.8. The molecule has 128 valence electrons. The molecule has 1 amide bonds. The smallest absolute Gasteiger partial charge is 0.261 e. The minimum atomic E-state index is -1.19. The molecule has 0 fully saturated rings. The molecule has 0 aliphatic rings. The van der Waals surface area contributed by atoms with Crippen LogP contribution in [0.2, 0.25) is 0 Å². The van der Waals surface area contributed by atoms with E-state index in [1.807, 2.05) is 18.2 Å².